The van der Waals surface area contributed by atoms with E-state index in [2.05, 4.69) is 21.1 Å². The zero-order valence-electron chi connectivity index (χ0n) is 9.20. The molecule has 0 N–H and O–H groups in total. The third kappa shape index (κ3) is 2.18. The highest BCUT2D eigenvalue weighted by Crippen LogP contribution is 2.29. The SMILES string of the molecule is CCc1ncn(Sc2nc3ccccc3s2)n1. The number of aryl methyl sites for hydroxylation is 1. The molecule has 0 spiro atoms. The quantitative estimate of drug-likeness (QED) is 0.728. The van der Waals surface area contributed by atoms with E-state index in [-0.39, 0.29) is 0 Å². The van der Waals surface area contributed by atoms with Crippen LogP contribution in [0, 0.1) is 0 Å². The van der Waals surface area contributed by atoms with Crippen LogP contribution in [0.15, 0.2) is 34.9 Å². The Morgan fingerprint density at radius 1 is 1.35 bits per heavy atom. The Labute approximate surface area is 107 Å². The first-order valence-corrected chi connectivity index (χ1v) is 6.88. The Hall–Kier alpha value is -1.40. The molecule has 0 bridgehead atoms. The molecule has 4 nitrogen and oxygen atoms in total. The Kier molecular flexibility index (Phi) is 2.82. The van der Waals surface area contributed by atoms with Crippen LogP contribution in [0.1, 0.15) is 12.7 Å². The van der Waals surface area contributed by atoms with Gasteiger partial charge in [-0.1, -0.05) is 19.1 Å². The summed E-state index contributed by atoms with van der Waals surface area (Å²) < 4.78 is 3.95. The van der Waals surface area contributed by atoms with E-state index in [9.17, 15) is 0 Å². The van der Waals surface area contributed by atoms with E-state index in [1.165, 1.54) is 16.6 Å². The van der Waals surface area contributed by atoms with Gasteiger partial charge in [-0.3, -0.25) is 0 Å². The maximum absolute atomic E-state index is 4.54. The van der Waals surface area contributed by atoms with E-state index in [1.807, 2.05) is 25.1 Å². The van der Waals surface area contributed by atoms with Crippen LogP contribution in [0.5, 0.6) is 0 Å². The maximum Gasteiger partial charge on any atom is 0.173 e. The fourth-order valence-electron chi connectivity index (χ4n) is 1.46. The monoisotopic (exact) mass is 262 g/mol. The van der Waals surface area contributed by atoms with E-state index in [4.69, 9.17) is 0 Å². The highest BCUT2D eigenvalue weighted by Gasteiger charge is 2.06. The Bertz CT molecular complexity index is 611. The Morgan fingerprint density at radius 3 is 3.00 bits per heavy atom. The lowest BCUT2D eigenvalue weighted by Crippen LogP contribution is -1.88. The molecule has 0 unspecified atom stereocenters. The molecule has 3 aromatic rings. The normalized spacial score (nSPS) is 11.1. The van der Waals surface area contributed by atoms with Crippen LogP contribution in [-0.4, -0.2) is 19.2 Å². The number of hydrogen-bond acceptors (Lipinski definition) is 5. The fourth-order valence-corrected chi connectivity index (χ4v) is 3.33. The first-order valence-electron chi connectivity index (χ1n) is 5.29. The summed E-state index contributed by atoms with van der Waals surface area (Å²) in [4.78, 5) is 8.73. The van der Waals surface area contributed by atoms with Gasteiger partial charge in [-0.15, -0.1) is 16.4 Å². The van der Waals surface area contributed by atoms with Crippen LogP contribution >= 0.6 is 23.3 Å². The molecule has 0 aliphatic rings. The van der Waals surface area contributed by atoms with Gasteiger partial charge in [0.2, 0.25) is 0 Å². The van der Waals surface area contributed by atoms with E-state index in [0.29, 0.717) is 0 Å². The lowest BCUT2D eigenvalue weighted by Gasteiger charge is -1.92. The summed E-state index contributed by atoms with van der Waals surface area (Å²) in [7, 11) is 0. The molecule has 0 fully saturated rings. The largest absolute Gasteiger partial charge is 0.228 e. The number of para-hydroxylation sites is 1. The van der Waals surface area contributed by atoms with Crippen molar-refractivity contribution in [3.8, 4) is 0 Å². The van der Waals surface area contributed by atoms with E-state index in [1.54, 1.807) is 21.8 Å². The van der Waals surface area contributed by atoms with Crippen molar-refractivity contribution in [3.63, 3.8) is 0 Å². The van der Waals surface area contributed by atoms with Crippen molar-refractivity contribution < 1.29 is 0 Å². The maximum atomic E-state index is 4.54. The van der Waals surface area contributed by atoms with Gasteiger partial charge in [0.1, 0.15) is 6.33 Å². The predicted octanol–water partition coefficient (Wildman–Crippen LogP) is 3.01. The lowest BCUT2D eigenvalue weighted by atomic mass is 10.3. The minimum atomic E-state index is 0.855. The number of fused-ring (bicyclic) bond motifs is 1. The fraction of sp³-hybridized carbons (Fsp3) is 0.182. The average molecular weight is 262 g/mol. The van der Waals surface area contributed by atoms with Gasteiger partial charge >= 0.3 is 0 Å². The third-order valence-electron chi connectivity index (χ3n) is 2.28. The van der Waals surface area contributed by atoms with Crippen molar-refractivity contribution in [2.45, 2.75) is 17.7 Å². The summed E-state index contributed by atoms with van der Waals surface area (Å²) in [6.07, 6.45) is 2.59. The highest BCUT2D eigenvalue weighted by molar-refractivity contribution is 7.99. The van der Waals surface area contributed by atoms with Gasteiger partial charge in [0.25, 0.3) is 0 Å². The van der Waals surface area contributed by atoms with Crippen molar-refractivity contribution in [1.82, 2.24) is 19.2 Å². The second kappa shape index (κ2) is 4.46. The average Bonchev–Trinajstić information content (AvgIpc) is 2.94. The van der Waals surface area contributed by atoms with Gasteiger partial charge < -0.3 is 0 Å². The minimum absolute atomic E-state index is 0.855. The van der Waals surface area contributed by atoms with Gasteiger partial charge in [0, 0.05) is 18.4 Å². The third-order valence-corrected chi connectivity index (χ3v) is 4.20. The molecule has 0 aliphatic heterocycles. The van der Waals surface area contributed by atoms with Crippen LogP contribution in [0.3, 0.4) is 0 Å². The van der Waals surface area contributed by atoms with Gasteiger partial charge in [-0.2, -0.15) is 4.09 Å². The number of aromatic nitrogens is 4. The molecule has 1 aromatic carbocycles. The van der Waals surface area contributed by atoms with Crippen LogP contribution in [-0.2, 0) is 6.42 Å². The summed E-state index contributed by atoms with van der Waals surface area (Å²) in [5, 5.41) is 4.33. The van der Waals surface area contributed by atoms with Gasteiger partial charge in [0.15, 0.2) is 10.2 Å². The van der Waals surface area contributed by atoms with Crippen LogP contribution in [0.2, 0.25) is 0 Å². The smallest absolute Gasteiger partial charge is 0.173 e. The number of benzene rings is 1. The lowest BCUT2D eigenvalue weighted by molar-refractivity contribution is 0.916. The molecule has 0 aliphatic carbocycles. The Morgan fingerprint density at radius 2 is 2.24 bits per heavy atom. The van der Waals surface area contributed by atoms with Crippen molar-refractivity contribution >= 4 is 33.5 Å². The van der Waals surface area contributed by atoms with Crippen molar-refractivity contribution in [2.24, 2.45) is 0 Å². The number of rotatable bonds is 3. The second-order valence-electron chi connectivity index (χ2n) is 3.46. The molecule has 0 atom stereocenters. The van der Waals surface area contributed by atoms with Crippen LogP contribution < -0.4 is 0 Å². The molecular weight excluding hydrogens is 252 g/mol. The van der Waals surface area contributed by atoms with Crippen LogP contribution in [0.4, 0.5) is 0 Å². The molecule has 3 rings (SSSR count). The summed E-state index contributed by atoms with van der Waals surface area (Å²) in [5.41, 5.74) is 1.04. The molecule has 2 heterocycles. The minimum Gasteiger partial charge on any atom is -0.228 e. The number of nitrogens with zero attached hydrogens (tertiary/aromatic N) is 4. The molecule has 86 valence electrons. The first-order chi connectivity index (χ1) is 8.35. The summed E-state index contributed by atoms with van der Waals surface area (Å²) in [5.74, 6) is 0.860. The molecule has 0 radical (unpaired) electrons. The van der Waals surface area contributed by atoms with E-state index >= 15 is 0 Å². The van der Waals surface area contributed by atoms with Crippen LogP contribution in [0.25, 0.3) is 10.2 Å². The molecule has 0 saturated carbocycles. The van der Waals surface area contributed by atoms with Crippen molar-refractivity contribution in [1.29, 1.82) is 0 Å². The van der Waals surface area contributed by atoms with Gasteiger partial charge in [-0.05, 0) is 12.1 Å². The molecule has 2 aromatic heterocycles. The standard InChI is InChI=1S/C11H10N4S2/c1-2-10-12-7-15(14-10)17-11-13-8-5-3-4-6-9(8)16-11/h3-7H,2H2,1H3. The van der Waals surface area contributed by atoms with Crippen molar-refractivity contribution in [2.75, 3.05) is 0 Å². The molecule has 0 saturated heterocycles. The van der Waals surface area contributed by atoms with Gasteiger partial charge in [-0.25, -0.2) is 9.97 Å². The zero-order valence-corrected chi connectivity index (χ0v) is 10.8. The number of thiazole rings is 1. The summed E-state index contributed by atoms with van der Waals surface area (Å²) in [6.45, 7) is 2.04. The molecular formula is C11H10N4S2. The highest BCUT2D eigenvalue weighted by atomic mass is 32.2. The summed E-state index contributed by atoms with van der Waals surface area (Å²) in [6, 6.07) is 8.13. The molecule has 17 heavy (non-hydrogen) atoms. The Balaban J connectivity index is 1.89. The zero-order chi connectivity index (χ0) is 11.7. The van der Waals surface area contributed by atoms with E-state index in [0.717, 1.165) is 22.1 Å². The number of hydrogen-bond donors (Lipinski definition) is 0. The first kappa shape index (κ1) is 10.7. The van der Waals surface area contributed by atoms with E-state index < -0.39 is 0 Å². The van der Waals surface area contributed by atoms with Crippen molar-refractivity contribution in [3.05, 3.63) is 36.4 Å². The second-order valence-corrected chi connectivity index (χ2v) is 5.69. The molecule has 6 heteroatoms. The summed E-state index contributed by atoms with van der Waals surface area (Å²) >= 11 is 3.17. The topological polar surface area (TPSA) is 43.6 Å². The molecule has 0 amide bonds. The van der Waals surface area contributed by atoms with Gasteiger partial charge in [0.05, 0.1) is 10.2 Å². The predicted molar refractivity (Wildman–Crippen MR) is 70.3 cm³/mol.